The minimum atomic E-state index is -0.150. The number of amides is 1. The normalized spacial score (nSPS) is 12.4. The fourth-order valence-corrected chi connectivity index (χ4v) is 3.36. The average Bonchev–Trinajstić information content (AvgIpc) is 3.42. The fraction of sp³-hybridized carbons (Fsp3) is 0.286. The van der Waals surface area contributed by atoms with Crippen molar-refractivity contribution in [3.63, 3.8) is 0 Å². The molecule has 1 atom stereocenters. The summed E-state index contributed by atoms with van der Waals surface area (Å²) in [7, 11) is 1.82. The monoisotopic (exact) mass is 378 g/mol. The largest absolute Gasteiger partial charge is 0.469 e. The minimum absolute atomic E-state index is 0.00939. The van der Waals surface area contributed by atoms with E-state index in [4.69, 9.17) is 8.83 Å². The van der Waals surface area contributed by atoms with Gasteiger partial charge in [-0.2, -0.15) is 5.10 Å². The van der Waals surface area contributed by atoms with Crippen molar-refractivity contribution >= 4 is 16.9 Å². The van der Waals surface area contributed by atoms with Crippen molar-refractivity contribution < 1.29 is 13.6 Å². The molecule has 0 saturated heterocycles. The lowest BCUT2D eigenvalue weighted by Crippen LogP contribution is -2.33. The number of fused-ring (bicyclic) bond motifs is 1. The predicted molar refractivity (Wildman–Crippen MR) is 105 cm³/mol. The number of aryl methyl sites for hydroxylation is 3. The van der Waals surface area contributed by atoms with Crippen molar-refractivity contribution in [3.05, 3.63) is 59.9 Å². The van der Waals surface area contributed by atoms with Crippen LogP contribution in [0.15, 0.2) is 51.7 Å². The van der Waals surface area contributed by atoms with Gasteiger partial charge in [0.2, 0.25) is 0 Å². The van der Waals surface area contributed by atoms with Crippen LogP contribution in [0.3, 0.4) is 0 Å². The molecule has 1 unspecified atom stereocenters. The molecular weight excluding hydrogens is 356 g/mol. The number of nitrogens with one attached hydrogen (secondary N) is 1. The summed E-state index contributed by atoms with van der Waals surface area (Å²) in [6.07, 6.45) is 4.80. The van der Waals surface area contributed by atoms with Crippen LogP contribution in [0.4, 0.5) is 0 Å². The van der Waals surface area contributed by atoms with Crippen LogP contribution in [0.1, 0.15) is 35.2 Å². The molecule has 1 N–H and O–H groups in total. The van der Waals surface area contributed by atoms with Crippen LogP contribution in [-0.2, 0) is 13.5 Å². The minimum Gasteiger partial charge on any atom is -0.469 e. The van der Waals surface area contributed by atoms with Gasteiger partial charge >= 0.3 is 0 Å². The molecule has 0 saturated carbocycles. The van der Waals surface area contributed by atoms with E-state index in [0.29, 0.717) is 22.7 Å². The van der Waals surface area contributed by atoms with E-state index in [1.807, 2.05) is 39.1 Å². The van der Waals surface area contributed by atoms with Crippen LogP contribution in [0.5, 0.6) is 0 Å². The highest BCUT2D eigenvalue weighted by Gasteiger charge is 2.21. The second kappa shape index (κ2) is 7.34. The predicted octanol–water partition coefficient (Wildman–Crippen LogP) is 3.88. The second-order valence-electron chi connectivity index (χ2n) is 6.93. The van der Waals surface area contributed by atoms with Gasteiger partial charge in [-0.25, -0.2) is 4.98 Å². The molecule has 4 aromatic heterocycles. The van der Waals surface area contributed by atoms with Crippen molar-refractivity contribution in [1.29, 1.82) is 0 Å². The van der Waals surface area contributed by atoms with Crippen molar-refractivity contribution in [2.24, 2.45) is 7.05 Å². The molecule has 0 aliphatic carbocycles. The van der Waals surface area contributed by atoms with E-state index in [1.54, 1.807) is 29.3 Å². The van der Waals surface area contributed by atoms with E-state index in [1.165, 1.54) is 0 Å². The van der Waals surface area contributed by atoms with Gasteiger partial charge in [-0.05, 0) is 50.6 Å². The summed E-state index contributed by atoms with van der Waals surface area (Å²) >= 11 is 0. The Morgan fingerprint density at radius 3 is 2.75 bits per heavy atom. The van der Waals surface area contributed by atoms with Crippen LogP contribution in [0, 0.1) is 6.92 Å². The summed E-state index contributed by atoms with van der Waals surface area (Å²) in [5.74, 6) is 1.37. The third-order valence-electron chi connectivity index (χ3n) is 4.77. The topological polar surface area (TPSA) is 86.1 Å². The SMILES string of the molecule is Cc1nn(C)c2nc(-c3ccco3)cc(C(=O)NC(C)CCc3ccco3)c12. The summed E-state index contributed by atoms with van der Waals surface area (Å²) < 4.78 is 12.5. The first-order chi connectivity index (χ1) is 13.5. The highest BCUT2D eigenvalue weighted by Crippen LogP contribution is 2.27. The number of hydrogen-bond acceptors (Lipinski definition) is 5. The molecule has 0 spiro atoms. The Morgan fingerprint density at radius 1 is 1.25 bits per heavy atom. The van der Waals surface area contributed by atoms with Gasteiger partial charge in [0.05, 0.1) is 29.2 Å². The number of nitrogens with zero attached hydrogens (tertiary/aromatic N) is 3. The standard InChI is InChI=1S/C21H22N4O3/c1-13(8-9-15-6-4-10-27-15)22-21(26)16-12-17(18-7-5-11-28-18)23-20-19(16)14(2)24-25(20)3/h4-7,10-13H,8-9H2,1-3H3,(H,22,26). The maximum Gasteiger partial charge on any atom is 0.252 e. The van der Waals surface area contributed by atoms with Gasteiger partial charge in [0.15, 0.2) is 11.4 Å². The Bertz CT molecular complexity index is 1090. The van der Waals surface area contributed by atoms with E-state index in [9.17, 15) is 4.79 Å². The van der Waals surface area contributed by atoms with Crippen LogP contribution in [0.2, 0.25) is 0 Å². The zero-order valence-electron chi connectivity index (χ0n) is 16.1. The van der Waals surface area contributed by atoms with E-state index in [0.717, 1.165) is 29.7 Å². The summed E-state index contributed by atoms with van der Waals surface area (Å²) in [5.41, 5.74) is 2.57. The summed E-state index contributed by atoms with van der Waals surface area (Å²) in [5, 5.41) is 8.28. The van der Waals surface area contributed by atoms with Gasteiger partial charge in [-0.3, -0.25) is 9.48 Å². The number of aromatic nitrogens is 3. The molecule has 0 aliphatic heterocycles. The van der Waals surface area contributed by atoms with Crippen LogP contribution < -0.4 is 5.32 Å². The molecule has 0 fully saturated rings. The van der Waals surface area contributed by atoms with Crippen LogP contribution >= 0.6 is 0 Å². The Labute approximate surface area is 162 Å². The zero-order valence-corrected chi connectivity index (χ0v) is 16.1. The number of furan rings is 2. The first-order valence-corrected chi connectivity index (χ1v) is 9.24. The second-order valence-corrected chi connectivity index (χ2v) is 6.93. The van der Waals surface area contributed by atoms with Gasteiger partial charge in [0.25, 0.3) is 5.91 Å². The lowest BCUT2D eigenvalue weighted by Gasteiger charge is -2.14. The van der Waals surface area contributed by atoms with Crippen molar-refractivity contribution in [3.8, 4) is 11.5 Å². The summed E-state index contributed by atoms with van der Waals surface area (Å²) in [4.78, 5) is 17.7. The third kappa shape index (κ3) is 3.43. The molecule has 0 aliphatic rings. The highest BCUT2D eigenvalue weighted by molar-refractivity contribution is 6.07. The van der Waals surface area contributed by atoms with Gasteiger partial charge in [-0.15, -0.1) is 0 Å². The van der Waals surface area contributed by atoms with E-state index < -0.39 is 0 Å². The van der Waals surface area contributed by atoms with Gasteiger partial charge in [0, 0.05) is 19.5 Å². The molecule has 4 aromatic rings. The number of carbonyl (C=O) groups is 1. The molecule has 1 amide bonds. The molecule has 4 rings (SSSR count). The molecule has 0 radical (unpaired) electrons. The van der Waals surface area contributed by atoms with E-state index in [-0.39, 0.29) is 11.9 Å². The van der Waals surface area contributed by atoms with Gasteiger partial charge < -0.3 is 14.2 Å². The lowest BCUT2D eigenvalue weighted by atomic mass is 10.1. The Morgan fingerprint density at radius 2 is 2.04 bits per heavy atom. The quantitative estimate of drug-likeness (QED) is 0.550. The molecule has 0 aromatic carbocycles. The number of pyridine rings is 1. The van der Waals surface area contributed by atoms with Crippen molar-refractivity contribution in [2.75, 3.05) is 0 Å². The first kappa shape index (κ1) is 18.0. The Hall–Kier alpha value is -3.35. The van der Waals surface area contributed by atoms with E-state index >= 15 is 0 Å². The van der Waals surface area contributed by atoms with Crippen molar-refractivity contribution in [2.45, 2.75) is 32.7 Å². The molecule has 0 bridgehead atoms. The molecule has 144 valence electrons. The highest BCUT2D eigenvalue weighted by atomic mass is 16.3. The molecule has 7 heteroatoms. The molecule has 4 heterocycles. The fourth-order valence-electron chi connectivity index (χ4n) is 3.36. The number of hydrogen-bond donors (Lipinski definition) is 1. The van der Waals surface area contributed by atoms with Gasteiger partial charge in [-0.1, -0.05) is 0 Å². The molecule has 28 heavy (non-hydrogen) atoms. The summed E-state index contributed by atoms with van der Waals surface area (Å²) in [6.45, 7) is 3.87. The van der Waals surface area contributed by atoms with Crippen LogP contribution in [0.25, 0.3) is 22.5 Å². The lowest BCUT2D eigenvalue weighted by molar-refractivity contribution is 0.0939. The maximum atomic E-state index is 13.1. The Balaban J connectivity index is 1.63. The third-order valence-corrected chi connectivity index (χ3v) is 4.77. The van der Waals surface area contributed by atoms with Crippen molar-refractivity contribution in [1.82, 2.24) is 20.1 Å². The van der Waals surface area contributed by atoms with Gasteiger partial charge in [0.1, 0.15) is 11.5 Å². The van der Waals surface area contributed by atoms with Crippen LogP contribution in [-0.4, -0.2) is 26.7 Å². The number of rotatable bonds is 6. The van der Waals surface area contributed by atoms with E-state index in [2.05, 4.69) is 15.4 Å². The maximum absolute atomic E-state index is 13.1. The Kier molecular flexibility index (Phi) is 4.73. The smallest absolute Gasteiger partial charge is 0.252 e. The zero-order chi connectivity index (χ0) is 19.7. The molecule has 7 nitrogen and oxygen atoms in total. The molecular formula is C21H22N4O3. The summed E-state index contributed by atoms with van der Waals surface area (Å²) in [6, 6.07) is 9.19. The average molecular weight is 378 g/mol. The number of carbonyl (C=O) groups excluding carboxylic acids is 1. The first-order valence-electron chi connectivity index (χ1n) is 9.24.